The van der Waals surface area contributed by atoms with Crippen LogP contribution in [-0.2, 0) is 9.59 Å². The van der Waals surface area contributed by atoms with Crippen LogP contribution in [0, 0.1) is 0 Å². The summed E-state index contributed by atoms with van der Waals surface area (Å²) in [6, 6.07) is 7.88. The van der Waals surface area contributed by atoms with Gasteiger partial charge < -0.3 is 15.7 Å². The molecule has 1 aromatic carbocycles. The first-order valence-corrected chi connectivity index (χ1v) is 6.36. The van der Waals surface area contributed by atoms with E-state index in [-0.39, 0.29) is 18.2 Å². The fraction of sp³-hybridized carbons (Fsp3) is 0.357. The Balaban J connectivity index is 2.20. The molecule has 20 heavy (non-hydrogen) atoms. The zero-order valence-electron chi connectivity index (χ0n) is 11.3. The Morgan fingerprint density at radius 1 is 1.20 bits per heavy atom. The molecule has 1 atom stereocenters. The summed E-state index contributed by atoms with van der Waals surface area (Å²) in [5, 5.41) is 13.7. The predicted octanol–water partition coefficient (Wildman–Crippen LogP) is 0.786. The van der Waals surface area contributed by atoms with Gasteiger partial charge >= 0.3 is 5.97 Å². The molecule has 0 fully saturated rings. The van der Waals surface area contributed by atoms with Crippen molar-refractivity contribution >= 4 is 17.8 Å². The van der Waals surface area contributed by atoms with Crippen LogP contribution in [0.15, 0.2) is 30.3 Å². The number of rotatable bonds is 7. The number of carbonyl (C=O) groups excluding carboxylic acids is 2. The summed E-state index contributed by atoms with van der Waals surface area (Å²) in [6.45, 7) is 1.76. The minimum absolute atomic E-state index is 0.173. The van der Waals surface area contributed by atoms with E-state index < -0.39 is 12.0 Å². The maximum absolute atomic E-state index is 11.7. The lowest BCUT2D eigenvalue weighted by Gasteiger charge is -2.09. The average Bonchev–Trinajstić information content (AvgIpc) is 2.44. The molecule has 108 valence electrons. The van der Waals surface area contributed by atoms with Crippen LogP contribution in [0.2, 0.25) is 0 Å². The third-order valence-corrected chi connectivity index (χ3v) is 2.65. The summed E-state index contributed by atoms with van der Waals surface area (Å²) >= 11 is 0. The second-order valence-electron chi connectivity index (χ2n) is 4.35. The van der Waals surface area contributed by atoms with E-state index in [4.69, 9.17) is 5.11 Å². The van der Waals surface area contributed by atoms with Crippen molar-refractivity contribution < 1.29 is 19.5 Å². The van der Waals surface area contributed by atoms with E-state index in [9.17, 15) is 14.4 Å². The zero-order valence-corrected chi connectivity index (χ0v) is 11.3. The molecule has 1 rings (SSSR count). The predicted molar refractivity (Wildman–Crippen MR) is 73.2 cm³/mol. The van der Waals surface area contributed by atoms with Crippen molar-refractivity contribution in [3.63, 3.8) is 0 Å². The Morgan fingerprint density at radius 3 is 2.45 bits per heavy atom. The largest absolute Gasteiger partial charge is 0.480 e. The fourth-order valence-electron chi connectivity index (χ4n) is 1.52. The van der Waals surface area contributed by atoms with Crippen molar-refractivity contribution in [1.29, 1.82) is 0 Å². The molecule has 0 aromatic heterocycles. The van der Waals surface area contributed by atoms with Gasteiger partial charge in [0.15, 0.2) is 0 Å². The van der Waals surface area contributed by atoms with Gasteiger partial charge in [-0.2, -0.15) is 0 Å². The molecular formula is C14H18N2O4. The monoisotopic (exact) mass is 278 g/mol. The van der Waals surface area contributed by atoms with E-state index in [0.717, 1.165) is 0 Å². The standard InChI is InChI=1S/C14H18N2O4/c1-10(14(19)20)16-12(17)8-5-9-15-13(18)11-6-3-2-4-7-11/h2-4,6-7,10H,5,8-9H2,1H3,(H,15,18)(H,16,17)(H,19,20)/t10-/m0/s1. The van der Waals surface area contributed by atoms with Gasteiger partial charge in [-0.3, -0.25) is 14.4 Å². The highest BCUT2D eigenvalue weighted by Crippen LogP contribution is 1.98. The Kier molecular flexibility index (Phi) is 6.22. The number of carboxylic acids is 1. The number of amides is 2. The summed E-state index contributed by atoms with van der Waals surface area (Å²) < 4.78 is 0. The molecule has 0 aliphatic rings. The van der Waals surface area contributed by atoms with Gasteiger partial charge in [0.05, 0.1) is 0 Å². The number of hydrogen-bond donors (Lipinski definition) is 3. The van der Waals surface area contributed by atoms with Crippen molar-refractivity contribution in [2.45, 2.75) is 25.8 Å². The Hall–Kier alpha value is -2.37. The van der Waals surface area contributed by atoms with Crippen molar-refractivity contribution in [2.75, 3.05) is 6.54 Å². The van der Waals surface area contributed by atoms with Crippen molar-refractivity contribution in [2.24, 2.45) is 0 Å². The van der Waals surface area contributed by atoms with Gasteiger partial charge in [0.1, 0.15) is 6.04 Å². The second-order valence-corrected chi connectivity index (χ2v) is 4.35. The second kappa shape index (κ2) is 7.93. The fourth-order valence-corrected chi connectivity index (χ4v) is 1.52. The highest BCUT2D eigenvalue weighted by molar-refractivity contribution is 5.94. The van der Waals surface area contributed by atoms with Crippen LogP contribution in [0.1, 0.15) is 30.1 Å². The van der Waals surface area contributed by atoms with Gasteiger partial charge in [0.25, 0.3) is 5.91 Å². The molecule has 3 N–H and O–H groups in total. The Bertz CT molecular complexity index is 473. The van der Waals surface area contributed by atoms with Crippen LogP contribution in [-0.4, -0.2) is 35.5 Å². The normalized spacial score (nSPS) is 11.4. The lowest BCUT2D eigenvalue weighted by Crippen LogP contribution is -2.38. The average molecular weight is 278 g/mol. The first-order chi connectivity index (χ1) is 9.50. The van der Waals surface area contributed by atoms with E-state index >= 15 is 0 Å². The molecule has 0 radical (unpaired) electrons. The topological polar surface area (TPSA) is 95.5 Å². The molecule has 0 aliphatic heterocycles. The number of hydrogen-bond acceptors (Lipinski definition) is 3. The van der Waals surface area contributed by atoms with Crippen LogP contribution in [0.5, 0.6) is 0 Å². The highest BCUT2D eigenvalue weighted by atomic mass is 16.4. The molecule has 0 spiro atoms. The molecular weight excluding hydrogens is 260 g/mol. The van der Waals surface area contributed by atoms with E-state index in [1.54, 1.807) is 24.3 Å². The first kappa shape index (κ1) is 15.7. The molecule has 6 heteroatoms. The van der Waals surface area contributed by atoms with E-state index in [1.165, 1.54) is 6.92 Å². The van der Waals surface area contributed by atoms with Crippen molar-refractivity contribution in [3.8, 4) is 0 Å². The third kappa shape index (κ3) is 5.51. The van der Waals surface area contributed by atoms with Crippen LogP contribution >= 0.6 is 0 Å². The van der Waals surface area contributed by atoms with E-state index in [2.05, 4.69) is 10.6 Å². The summed E-state index contributed by atoms with van der Waals surface area (Å²) in [4.78, 5) is 33.6. The Morgan fingerprint density at radius 2 is 1.85 bits per heavy atom. The summed E-state index contributed by atoms with van der Waals surface area (Å²) in [5.74, 6) is -1.60. The van der Waals surface area contributed by atoms with Gasteiger partial charge in [-0.1, -0.05) is 18.2 Å². The molecule has 0 saturated heterocycles. The number of nitrogens with one attached hydrogen (secondary N) is 2. The zero-order chi connectivity index (χ0) is 15.0. The summed E-state index contributed by atoms with van der Waals surface area (Å²) in [6.07, 6.45) is 0.628. The maximum atomic E-state index is 11.7. The molecule has 0 saturated carbocycles. The molecule has 0 bridgehead atoms. The minimum atomic E-state index is -1.07. The lowest BCUT2D eigenvalue weighted by atomic mass is 10.2. The van der Waals surface area contributed by atoms with Gasteiger partial charge in [-0.05, 0) is 25.5 Å². The molecule has 1 aromatic rings. The van der Waals surface area contributed by atoms with E-state index in [1.807, 2.05) is 6.07 Å². The maximum Gasteiger partial charge on any atom is 0.325 e. The van der Waals surface area contributed by atoms with Gasteiger partial charge in [-0.15, -0.1) is 0 Å². The van der Waals surface area contributed by atoms with Crippen LogP contribution in [0.25, 0.3) is 0 Å². The summed E-state index contributed by atoms with van der Waals surface area (Å²) in [5.41, 5.74) is 0.566. The quantitative estimate of drug-likeness (QED) is 0.642. The SMILES string of the molecule is C[C@H](NC(=O)CCCNC(=O)c1ccccc1)C(=O)O. The first-order valence-electron chi connectivity index (χ1n) is 6.36. The number of carbonyl (C=O) groups is 3. The van der Waals surface area contributed by atoms with Gasteiger partial charge in [0.2, 0.25) is 5.91 Å². The van der Waals surface area contributed by atoms with Crippen molar-refractivity contribution in [3.05, 3.63) is 35.9 Å². The smallest absolute Gasteiger partial charge is 0.325 e. The Labute approximate surface area is 117 Å². The number of carboxylic acid groups (broad SMARTS) is 1. The van der Waals surface area contributed by atoms with Crippen LogP contribution in [0.3, 0.4) is 0 Å². The lowest BCUT2D eigenvalue weighted by molar-refractivity contribution is -0.141. The molecule has 6 nitrogen and oxygen atoms in total. The number of aliphatic carboxylic acids is 1. The third-order valence-electron chi connectivity index (χ3n) is 2.65. The molecule has 2 amide bonds. The summed E-state index contributed by atoms with van der Waals surface area (Å²) in [7, 11) is 0. The molecule has 0 heterocycles. The molecule has 0 unspecified atom stereocenters. The van der Waals surface area contributed by atoms with Gasteiger partial charge in [-0.25, -0.2) is 0 Å². The van der Waals surface area contributed by atoms with Crippen molar-refractivity contribution in [1.82, 2.24) is 10.6 Å². The molecule has 0 aliphatic carbocycles. The van der Waals surface area contributed by atoms with Gasteiger partial charge in [0, 0.05) is 18.5 Å². The van der Waals surface area contributed by atoms with Crippen LogP contribution in [0.4, 0.5) is 0 Å². The number of benzene rings is 1. The van der Waals surface area contributed by atoms with E-state index in [0.29, 0.717) is 18.5 Å². The minimum Gasteiger partial charge on any atom is -0.480 e. The highest BCUT2D eigenvalue weighted by Gasteiger charge is 2.13. The van der Waals surface area contributed by atoms with Crippen LogP contribution < -0.4 is 10.6 Å².